The number of hydrogen-bond acceptors (Lipinski definition) is 3. The fraction of sp³-hybridized carbons (Fsp3) is 0.333. The second kappa shape index (κ2) is 5.64. The van der Waals surface area contributed by atoms with Crippen LogP contribution in [0.3, 0.4) is 0 Å². The number of pyridine rings is 1. The second-order valence-electron chi connectivity index (χ2n) is 6.82. The van der Waals surface area contributed by atoms with Crippen LogP contribution in [-0.2, 0) is 6.18 Å². The lowest BCUT2D eigenvalue weighted by Crippen LogP contribution is -2.37. The summed E-state index contributed by atoms with van der Waals surface area (Å²) < 4.78 is 66.2. The topological polar surface area (TPSA) is 50.9 Å². The normalized spacial score (nSPS) is 17.3. The molecule has 1 aromatic carbocycles. The van der Waals surface area contributed by atoms with E-state index in [1.807, 2.05) is 0 Å². The van der Waals surface area contributed by atoms with Crippen LogP contribution in [0.15, 0.2) is 30.5 Å². The summed E-state index contributed by atoms with van der Waals surface area (Å²) in [4.78, 5) is 4.30. The molecule has 2 heterocycles. The van der Waals surface area contributed by atoms with Gasteiger partial charge in [0.1, 0.15) is 5.75 Å². The van der Waals surface area contributed by atoms with E-state index in [4.69, 9.17) is 0 Å². The van der Waals surface area contributed by atoms with Crippen molar-refractivity contribution in [2.45, 2.75) is 37.9 Å². The molecule has 0 saturated heterocycles. The van der Waals surface area contributed by atoms with Crippen LogP contribution < -0.4 is 0 Å². The van der Waals surface area contributed by atoms with Gasteiger partial charge < -0.3 is 5.11 Å². The molecule has 9 heteroatoms. The Kier molecular flexibility index (Phi) is 3.70. The van der Waals surface area contributed by atoms with Gasteiger partial charge in [0, 0.05) is 30.0 Å². The van der Waals surface area contributed by atoms with E-state index in [2.05, 4.69) is 10.1 Å². The molecule has 0 unspecified atom stereocenters. The first-order valence-electron chi connectivity index (χ1n) is 8.18. The van der Waals surface area contributed by atoms with Gasteiger partial charge in [-0.2, -0.15) is 18.3 Å². The molecular formula is C18H14F5N3O. The van der Waals surface area contributed by atoms with Gasteiger partial charge in [-0.05, 0) is 36.8 Å². The molecule has 4 nitrogen and oxygen atoms in total. The number of phenolic OH excluding ortho intramolecular Hbond substituents is 1. The van der Waals surface area contributed by atoms with Gasteiger partial charge in [-0.25, -0.2) is 13.8 Å². The second-order valence-corrected chi connectivity index (χ2v) is 6.82. The first-order valence-corrected chi connectivity index (χ1v) is 8.18. The Bertz CT molecular complexity index is 1010. The molecule has 1 fully saturated rings. The molecule has 1 saturated carbocycles. The molecule has 0 aliphatic heterocycles. The maximum atomic E-state index is 13.1. The molecule has 2 aromatic heterocycles. The van der Waals surface area contributed by atoms with Gasteiger partial charge in [0.15, 0.2) is 5.65 Å². The molecule has 0 radical (unpaired) electrons. The minimum Gasteiger partial charge on any atom is -0.507 e. The van der Waals surface area contributed by atoms with Crippen molar-refractivity contribution in [1.29, 1.82) is 0 Å². The highest BCUT2D eigenvalue weighted by atomic mass is 19.4. The molecule has 0 spiro atoms. The van der Waals surface area contributed by atoms with E-state index in [-0.39, 0.29) is 35.3 Å². The first kappa shape index (κ1) is 17.7. The smallest absolute Gasteiger partial charge is 0.416 e. The van der Waals surface area contributed by atoms with Gasteiger partial charge in [-0.1, -0.05) is 0 Å². The van der Waals surface area contributed by atoms with E-state index in [1.165, 1.54) is 11.6 Å². The predicted octanol–water partition coefficient (Wildman–Crippen LogP) is 5.10. The summed E-state index contributed by atoms with van der Waals surface area (Å²) in [5.74, 6) is -3.21. The molecule has 3 aromatic rings. The van der Waals surface area contributed by atoms with Gasteiger partial charge in [-0.3, -0.25) is 4.68 Å². The number of nitrogens with zero attached hydrogens (tertiary/aromatic N) is 3. The molecule has 142 valence electrons. The number of aromatic nitrogens is 3. The number of aryl methyl sites for hydroxylation is 1. The van der Waals surface area contributed by atoms with Crippen LogP contribution in [0.25, 0.3) is 22.3 Å². The number of halogens is 5. The van der Waals surface area contributed by atoms with Crippen molar-refractivity contribution in [2.75, 3.05) is 0 Å². The van der Waals surface area contributed by atoms with Crippen molar-refractivity contribution < 1.29 is 27.1 Å². The quantitative estimate of drug-likeness (QED) is 0.627. The number of benzene rings is 1. The van der Waals surface area contributed by atoms with Crippen LogP contribution in [-0.4, -0.2) is 25.8 Å². The largest absolute Gasteiger partial charge is 0.507 e. The Balaban J connectivity index is 1.72. The fourth-order valence-corrected chi connectivity index (χ4v) is 3.33. The minimum atomic E-state index is -4.57. The zero-order valence-corrected chi connectivity index (χ0v) is 14.1. The molecule has 4 rings (SSSR count). The summed E-state index contributed by atoms with van der Waals surface area (Å²) in [7, 11) is 0. The summed E-state index contributed by atoms with van der Waals surface area (Å²) >= 11 is 0. The van der Waals surface area contributed by atoms with Crippen molar-refractivity contribution in [1.82, 2.24) is 14.8 Å². The fourth-order valence-electron chi connectivity index (χ4n) is 3.33. The number of fused-ring (bicyclic) bond motifs is 1. The standard InChI is InChI=1S/C18H14F5N3O/c1-9-4-11(18(21,22)23)5-14(27)15(9)13-3-2-10-8-26(25-16(10)24-13)12-6-17(19,20)7-12/h2-5,8,12,27H,6-7H2,1H3. The SMILES string of the molecule is Cc1cc(C(F)(F)F)cc(O)c1-c1ccc2cn(C3CC(F)(F)C3)nc2n1. The molecule has 1 N–H and O–H groups in total. The van der Waals surface area contributed by atoms with Gasteiger partial charge in [-0.15, -0.1) is 0 Å². The molecule has 0 amide bonds. The monoisotopic (exact) mass is 383 g/mol. The summed E-state index contributed by atoms with van der Waals surface area (Å²) in [6, 6.07) is 4.39. The van der Waals surface area contributed by atoms with E-state index < -0.39 is 29.5 Å². The zero-order chi connectivity index (χ0) is 19.6. The average molecular weight is 383 g/mol. The van der Waals surface area contributed by atoms with E-state index in [9.17, 15) is 27.1 Å². The summed E-state index contributed by atoms with van der Waals surface area (Å²) in [5.41, 5.74) is -0.0174. The van der Waals surface area contributed by atoms with Crippen molar-refractivity contribution >= 4 is 11.0 Å². The number of alkyl halides is 5. The van der Waals surface area contributed by atoms with Crippen molar-refractivity contribution in [3.05, 3.63) is 41.6 Å². The molecule has 27 heavy (non-hydrogen) atoms. The summed E-state index contributed by atoms with van der Waals surface area (Å²) in [5, 5.41) is 14.9. The van der Waals surface area contributed by atoms with Crippen LogP contribution in [0.5, 0.6) is 5.75 Å². The Morgan fingerprint density at radius 2 is 1.89 bits per heavy atom. The lowest BCUT2D eigenvalue weighted by Gasteiger charge is -2.34. The van der Waals surface area contributed by atoms with E-state index in [1.54, 1.807) is 18.3 Å². The van der Waals surface area contributed by atoms with Crippen LogP contribution >= 0.6 is 0 Å². The number of aromatic hydroxyl groups is 1. The molecular weight excluding hydrogens is 369 g/mol. The minimum absolute atomic E-state index is 0.176. The van der Waals surface area contributed by atoms with Gasteiger partial charge in [0.05, 0.1) is 17.3 Å². The molecule has 1 aliphatic carbocycles. The van der Waals surface area contributed by atoms with E-state index in [0.717, 1.165) is 6.07 Å². The van der Waals surface area contributed by atoms with Crippen LogP contribution in [0.2, 0.25) is 0 Å². The Hall–Kier alpha value is -2.71. The Morgan fingerprint density at radius 1 is 1.19 bits per heavy atom. The van der Waals surface area contributed by atoms with Crippen molar-refractivity contribution in [3.8, 4) is 17.0 Å². The van der Waals surface area contributed by atoms with Crippen LogP contribution in [0.4, 0.5) is 22.0 Å². The third-order valence-corrected chi connectivity index (χ3v) is 4.73. The highest BCUT2D eigenvalue weighted by Gasteiger charge is 2.46. The number of rotatable bonds is 2. The highest BCUT2D eigenvalue weighted by molar-refractivity contribution is 5.80. The van der Waals surface area contributed by atoms with Gasteiger partial charge in [0.25, 0.3) is 5.92 Å². The lowest BCUT2D eigenvalue weighted by molar-refractivity contribution is -0.137. The zero-order valence-electron chi connectivity index (χ0n) is 14.1. The maximum Gasteiger partial charge on any atom is 0.416 e. The average Bonchev–Trinajstić information content (AvgIpc) is 2.94. The van der Waals surface area contributed by atoms with Crippen molar-refractivity contribution in [3.63, 3.8) is 0 Å². The van der Waals surface area contributed by atoms with Crippen LogP contribution in [0.1, 0.15) is 30.0 Å². The van der Waals surface area contributed by atoms with Crippen LogP contribution in [0, 0.1) is 6.92 Å². The number of phenols is 1. The summed E-state index contributed by atoms with van der Waals surface area (Å²) in [6.07, 6.45) is -3.52. The first-order chi connectivity index (χ1) is 12.5. The van der Waals surface area contributed by atoms with Gasteiger partial charge >= 0.3 is 6.18 Å². The predicted molar refractivity (Wildman–Crippen MR) is 87.6 cm³/mol. The van der Waals surface area contributed by atoms with E-state index >= 15 is 0 Å². The molecule has 1 aliphatic rings. The molecule has 0 atom stereocenters. The third-order valence-electron chi connectivity index (χ3n) is 4.73. The Morgan fingerprint density at radius 3 is 2.48 bits per heavy atom. The third kappa shape index (κ3) is 3.11. The summed E-state index contributed by atoms with van der Waals surface area (Å²) in [6.45, 7) is 1.45. The van der Waals surface area contributed by atoms with Crippen molar-refractivity contribution in [2.24, 2.45) is 0 Å². The molecule has 0 bridgehead atoms. The van der Waals surface area contributed by atoms with E-state index in [0.29, 0.717) is 11.5 Å². The maximum absolute atomic E-state index is 13.1. The highest BCUT2D eigenvalue weighted by Crippen LogP contribution is 2.45. The Labute approximate surface area is 150 Å². The van der Waals surface area contributed by atoms with Gasteiger partial charge in [0.2, 0.25) is 0 Å². The number of hydrogen-bond donors (Lipinski definition) is 1. The lowest BCUT2D eigenvalue weighted by atomic mass is 9.88.